The lowest BCUT2D eigenvalue weighted by Gasteiger charge is -2.44. The fraction of sp³-hybridized carbons (Fsp3) is 1.00. The fourth-order valence-electron chi connectivity index (χ4n) is 3.25. The Kier molecular flexibility index (Phi) is 7.17. The first-order valence-corrected chi connectivity index (χ1v) is 8.69. The number of aliphatic hydroxyl groups is 6. The van der Waals surface area contributed by atoms with Gasteiger partial charge in [-0.05, 0) is 12.3 Å². The summed E-state index contributed by atoms with van der Waals surface area (Å²) >= 11 is 0. The van der Waals surface area contributed by atoms with E-state index in [2.05, 4.69) is 0 Å². The largest absolute Gasteiger partial charge is 0.388 e. The Bertz CT molecular complexity index is 418. The van der Waals surface area contributed by atoms with E-state index in [-0.39, 0.29) is 12.5 Å². The zero-order valence-corrected chi connectivity index (χ0v) is 14.7. The van der Waals surface area contributed by atoms with Crippen LogP contribution in [-0.4, -0.2) is 98.5 Å². The molecule has 0 bridgehead atoms. The molecule has 9 heteroatoms. The normalized spacial score (nSPS) is 48.7. The molecular weight excluding hydrogens is 336 g/mol. The van der Waals surface area contributed by atoms with Crippen LogP contribution in [0.4, 0.5) is 0 Å². The number of rotatable bonds is 5. The molecule has 0 saturated carbocycles. The van der Waals surface area contributed by atoms with Crippen molar-refractivity contribution in [1.82, 2.24) is 0 Å². The van der Waals surface area contributed by atoms with E-state index in [4.69, 9.17) is 14.2 Å². The van der Waals surface area contributed by atoms with E-state index in [0.717, 1.165) is 0 Å². The molecule has 2 heterocycles. The third-order valence-electron chi connectivity index (χ3n) is 4.90. The third kappa shape index (κ3) is 4.32. The summed E-state index contributed by atoms with van der Waals surface area (Å²) in [6, 6.07) is 0. The van der Waals surface area contributed by atoms with Crippen LogP contribution in [0, 0.1) is 5.92 Å². The monoisotopic (exact) mass is 366 g/mol. The van der Waals surface area contributed by atoms with E-state index < -0.39 is 61.2 Å². The molecule has 148 valence electrons. The van der Waals surface area contributed by atoms with Crippen LogP contribution in [0.1, 0.15) is 27.2 Å². The minimum absolute atomic E-state index is 0.0994. The molecule has 10 atom stereocenters. The lowest BCUT2D eigenvalue weighted by molar-refractivity contribution is -0.312. The Labute approximate surface area is 146 Å². The van der Waals surface area contributed by atoms with E-state index in [9.17, 15) is 30.6 Å². The quantitative estimate of drug-likeness (QED) is 0.317. The summed E-state index contributed by atoms with van der Waals surface area (Å²) in [4.78, 5) is 0. The lowest BCUT2D eigenvalue weighted by atomic mass is 9.89. The van der Waals surface area contributed by atoms with Gasteiger partial charge in [-0.15, -0.1) is 0 Å². The molecule has 0 unspecified atom stereocenters. The predicted molar refractivity (Wildman–Crippen MR) is 84.4 cm³/mol. The first kappa shape index (κ1) is 20.9. The van der Waals surface area contributed by atoms with Crippen molar-refractivity contribution in [2.45, 2.75) is 88.4 Å². The van der Waals surface area contributed by atoms with Crippen LogP contribution in [0.5, 0.6) is 0 Å². The maximum Gasteiger partial charge on any atom is 0.186 e. The number of hydrogen-bond donors (Lipinski definition) is 6. The van der Waals surface area contributed by atoms with Crippen LogP contribution < -0.4 is 0 Å². The topological polar surface area (TPSA) is 149 Å². The van der Waals surface area contributed by atoms with E-state index in [1.807, 2.05) is 13.8 Å². The van der Waals surface area contributed by atoms with Crippen molar-refractivity contribution in [3.63, 3.8) is 0 Å². The third-order valence-corrected chi connectivity index (χ3v) is 4.90. The van der Waals surface area contributed by atoms with Gasteiger partial charge < -0.3 is 44.8 Å². The molecule has 2 fully saturated rings. The van der Waals surface area contributed by atoms with Gasteiger partial charge in [-0.25, -0.2) is 0 Å². The van der Waals surface area contributed by atoms with Gasteiger partial charge in [0.05, 0.1) is 18.8 Å². The van der Waals surface area contributed by atoms with Crippen molar-refractivity contribution >= 4 is 0 Å². The van der Waals surface area contributed by atoms with Gasteiger partial charge in [0.15, 0.2) is 6.29 Å². The highest BCUT2D eigenvalue weighted by atomic mass is 16.7. The van der Waals surface area contributed by atoms with Crippen molar-refractivity contribution in [2.75, 3.05) is 6.61 Å². The van der Waals surface area contributed by atoms with Crippen molar-refractivity contribution in [1.29, 1.82) is 0 Å². The van der Waals surface area contributed by atoms with E-state index in [1.165, 1.54) is 0 Å². The van der Waals surface area contributed by atoms with Crippen molar-refractivity contribution < 1.29 is 44.8 Å². The Morgan fingerprint density at radius 2 is 1.32 bits per heavy atom. The smallest absolute Gasteiger partial charge is 0.186 e. The second-order valence-electron chi connectivity index (χ2n) is 7.11. The van der Waals surface area contributed by atoms with Crippen molar-refractivity contribution in [3.05, 3.63) is 0 Å². The Morgan fingerprint density at radius 3 is 1.88 bits per heavy atom. The Balaban J connectivity index is 1.99. The van der Waals surface area contributed by atoms with E-state index in [1.54, 1.807) is 6.92 Å². The Morgan fingerprint density at radius 1 is 0.760 bits per heavy atom. The highest BCUT2D eigenvalue weighted by Crippen LogP contribution is 2.28. The van der Waals surface area contributed by atoms with Gasteiger partial charge >= 0.3 is 0 Å². The molecule has 0 aromatic heterocycles. The summed E-state index contributed by atoms with van der Waals surface area (Å²) in [7, 11) is 0. The molecule has 25 heavy (non-hydrogen) atoms. The average Bonchev–Trinajstić information content (AvgIpc) is 2.58. The second kappa shape index (κ2) is 8.55. The number of hydrogen-bond acceptors (Lipinski definition) is 9. The van der Waals surface area contributed by atoms with Crippen LogP contribution >= 0.6 is 0 Å². The summed E-state index contributed by atoms with van der Waals surface area (Å²) in [5.74, 6) is -0.0994. The Hall–Kier alpha value is -0.360. The SMILES string of the molecule is CC[C@H]1O[C@@H](OC[C@H]2O[C@@H](C(C)C)[C@H](O)[C@@H](O)[C@H]2O)[C@H](O)[C@@H](O)[C@H]1O. The summed E-state index contributed by atoms with van der Waals surface area (Å²) in [5, 5.41) is 59.8. The van der Waals surface area contributed by atoms with Gasteiger partial charge in [0.2, 0.25) is 0 Å². The highest BCUT2D eigenvalue weighted by Gasteiger charge is 2.47. The van der Waals surface area contributed by atoms with Crippen molar-refractivity contribution in [2.24, 2.45) is 5.92 Å². The van der Waals surface area contributed by atoms with Crippen LogP contribution in [0.2, 0.25) is 0 Å². The minimum atomic E-state index is -1.46. The maximum absolute atomic E-state index is 10.1. The molecule has 2 rings (SSSR count). The van der Waals surface area contributed by atoms with Crippen LogP contribution in [0.25, 0.3) is 0 Å². The first-order chi connectivity index (χ1) is 11.7. The summed E-state index contributed by atoms with van der Waals surface area (Å²) in [6.45, 7) is 5.16. The zero-order valence-electron chi connectivity index (χ0n) is 14.7. The molecule has 0 aromatic rings. The standard InChI is InChI=1S/C16H30O9/c1-4-7-9(17)12(20)14(22)16(25-7)23-5-8-10(18)11(19)13(21)15(24-8)6(2)3/h6-22H,4-5H2,1-3H3/t7-,8-,9+,10+,11+,12+,13-,14-,15+,16-/m1/s1. The zero-order chi connectivity index (χ0) is 18.9. The second-order valence-corrected chi connectivity index (χ2v) is 7.11. The van der Waals surface area contributed by atoms with Gasteiger partial charge in [-0.1, -0.05) is 20.8 Å². The number of aliphatic hydroxyl groups excluding tert-OH is 6. The van der Waals surface area contributed by atoms with Gasteiger partial charge in [0.25, 0.3) is 0 Å². The molecule has 0 aliphatic carbocycles. The highest BCUT2D eigenvalue weighted by molar-refractivity contribution is 4.94. The van der Waals surface area contributed by atoms with Gasteiger partial charge in [0.1, 0.15) is 42.7 Å². The molecule has 2 saturated heterocycles. The molecule has 0 radical (unpaired) electrons. The fourth-order valence-corrected chi connectivity index (χ4v) is 3.25. The minimum Gasteiger partial charge on any atom is -0.388 e. The average molecular weight is 366 g/mol. The molecule has 2 aliphatic rings. The molecule has 0 spiro atoms. The summed E-state index contributed by atoms with van der Waals surface area (Å²) in [5.41, 5.74) is 0. The molecule has 0 aromatic carbocycles. The van der Waals surface area contributed by atoms with Crippen LogP contribution in [-0.2, 0) is 14.2 Å². The molecule has 0 amide bonds. The molecule has 6 N–H and O–H groups in total. The van der Waals surface area contributed by atoms with E-state index >= 15 is 0 Å². The maximum atomic E-state index is 10.1. The number of ether oxygens (including phenoxy) is 3. The van der Waals surface area contributed by atoms with Crippen LogP contribution in [0.3, 0.4) is 0 Å². The van der Waals surface area contributed by atoms with Crippen LogP contribution in [0.15, 0.2) is 0 Å². The van der Waals surface area contributed by atoms with E-state index in [0.29, 0.717) is 6.42 Å². The summed E-state index contributed by atoms with van der Waals surface area (Å²) < 4.78 is 16.5. The first-order valence-electron chi connectivity index (χ1n) is 8.69. The van der Waals surface area contributed by atoms with Crippen molar-refractivity contribution in [3.8, 4) is 0 Å². The molecule has 9 nitrogen and oxygen atoms in total. The van der Waals surface area contributed by atoms with Gasteiger partial charge in [-0.3, -0.25) is 0 Å². The molecular formula is C16H30O9. The van der Waals surface area contributed by atoms with Gasteiger partial charge in [-0.2, -0.15) is 0 Å². The summed E-state index contributed by atoms with van der Waals surface area (Å²) in [6.07, 6.45) is -11.2. The van der Waals surface area contributed by atoms with Gasteiger partial charge in [0, 0.05) is 0 Å². The predicted octanol–water partition coefficient (Wildman–Crippen LogP) is -2.27. The lowest BCUT2D eigenvalue weighted by Crippen LogP contribution is -2.61. The molecule has 2 aliphatic heterocycles.